The van der Waals surface area contributed by atoms with Gasteiger partial charge in [-0.1, -0.05) is 0 Å². The molecular formula is C26H31N5O4. The number of amides is 1. The number of methoxy groups -OCH3 is 1. The smallest absolute Gasteiger partial charge is 0.242 e. The van der Waals surface area contributed by atoms with Crippen LogP contribution in [0.1, 0.15) is 0 Å². The summed E-state index contributed by atoms with van der Waals surface area (Å²) in [5.74, 6) is 0.884. The molecule has 0 aliphatic carbocycles. The van der Waals surface area contributed by atoms with Crippen LogP contribution in [-0.4, -0.2) is 95.0 Å². The van der Waals surface area contributed by atoms with Crippen LogP contribution in [0.5, 0.6) is 5.75 Å². The molecule has 9 nitrogen and oxygen atoms in total. The number of pyridine rings is 1. The number of aliphatic hydroxyl groups excluding tert-OH is 1. The molecule has 0 radical (unpaired) electrons. The van der Waals surface area contributed by atoms with Crippen LogP contribution in [0.2, 0.25) is 0 Å². The number of carbonyl (C=O) groups excluding carboxylic acids is 1. The first kappa shape index (κ1) is 23.3. The summed E-state index contributed by atoms with van der Waals surface area (Å²) in [5.41, 5.74) is 3.79. The number of aromatic amines is 1. The molecule has 0 saturated carbocycles. The van der Waals surface area contributed by atoms with Crippen molar-refractivity contribution in [3.05, 3.63) is 48.8 Å². The lowest BCUT2D eigenvalue weighted by Crippen LogP contribution is -2.50. The highest BCUT2D eigenvalue weighted by molar-refractivity contribution is 5.99. The number of nitrogens with zero attached hydrogens (tertiary/aromatic N) is 4. The number of aromatic nitrogens is 3. The molecule has 1 aliphatic heterocycles. The summed E-state index contributed by atoms with van der Waals surface area (Å²) < 4.78 is 12.9. The third-order valence-electron chi connectivity index (χ3n) is 6.59. The molecule has 5 rings (SSSR count). The molecule has 4 aromatic rings. The molecule has 0 bridgehead atoms. The molecular weight excluding hydrogens is 446 g/mol. The Hall–Kier alpha value is -3.40. The van der Waals surface area contributed by atoms with E-state index in [-0.39, 0.29) is 19.1 Å². The van der Waals surface area contributed by atoms with Crippen LogP contribution in [0.3, 0.4) is 0 Å². The van der Waals surface area contributed by atoms with Gasteiger partial charge >= 0.3 is 0 Å². The lowest BCUT2D eigenvalue weighted by Gasteiger charge is -2.34. The van der Waals surface area contributed by atoms with Gasteiger partial charge in [0.15, 0.2) is 0 Å². The fourth-order valence-corrected chi connectivity index (χ4v) is 4.68. The average Bonchev–Trinajstić information content (AvgIpc) is 3.48. The van der Waals surface area contributed by atoms with E-state index in [0.29, 0.717) is 26.3 Å². The van der Waals surface area contributed by atoms with E-state index >= 15 is 0 Å². The van der Waals surface area contributed by atoms with Crippen molar-refractivity contribution in [3.63, 3.8) is 0 Å². The predicted octanol–water partition coefficient (Wildman–Crippen LogP) is 2.35. The minimum Gasteiger partial charge on any atom is -0.497 e. The first-order valence-corrected chi connectivity index (χ1v) is 12.0. The summed E-state index contributed by atoms with van der Waals surface area (Å²) in [6, 6.07) is 12.0. The van der Waals surface area contributed by atoms with E-state index in [4.69, 9.17) is 14.6 Å². The van der Waals surface area contributed by atoms with Crippen molar-refractivity contribution in [3.8, 4) is 17.0 Å². The van der Waals surface area contributed by atoms with Gasteiger partial charge in [-0.15, -0.1) is 0 Å². The first-order chi connectivity index (χ1) is 17.2. The van der Waals surface area contributed by atoms with E-state index in [1.54, 1.807) is 13.3 Å². The molecule has 1 aromatic carbocycles. The molecule has 9 heteroatoms. The summed E-state index contributed by atoms with van der Waals surface area (Å²) >= 11 is 0. The fraction of sp³-hybridized carbons (Fsp3) is 0.385. The third kappa shape index (κ3) is 5.02. The summed E-state index contributed by atoms with van der Waals surface area (Å²) in [4.78, 5) is 25.3. The van der Waals surface area contributed by atoms with Gasteiger partial charge in [-0.05, 0) is 36.4 Å². The maximum Gasteiger partial charge on any atom is 0.242 e. The number of fused-ring (bicyclic) bond motifs is 2. The molecule has 2 N–H and O–H groups in total. The highest BCUT2D eigenvalue weighted by atomic mass is 16.5. The molecule has 1 saturated heterocycles. The second kappa shape index (κ2) is 10.5. The summed E-state index contributed by atoms with van der Waals surface area (Å²) in [7, 11) is 1.66. The van der Waals surface area contributed by atoms with E-state index in [1.807, 2.05) is 46.0 Å². The molecule has 0 unspecified atom stereocenters. The van der Waals surface area contributed by atoms with Crippen LogP contribution in [0.15, 0.2) is 48.8 Å². The van der Waals surface area contributed by atoms with Gasteiger partial charge in [0.2, 0.25) is 5.91 Å². The zero-order chi connectivity index (χ0) is 24.2. The number of piperazine rings is 1. The molecule has 35 heavy (non-hydrogen) atoms. The number of rotatable bonds is 9. The molecule has 4 heterocycles. The normalized spacial score (nSPS) is 14.7. The summed E-state index contributed by atoms with van der Waals surface area (Å²) in [6.07, 6.45) is 3.82. The van der Waals surface area contributed by atoms with Crippen LogP contribution in [0.4, 0.5) is 0 Å². The van der Waals surface area contributed by atoms with E-state index in [1.165, 1.54) is 0 Å². The highest BCUT2D eigenvalue weighted by Gasteiger charge is 2.22. The van der Waals surface area contributed by atoms with Gasteiger partial charge in [0.05, 0.1) is 26.9 Å². The number of carbonyl (C=O) groups is 1. The Morgan fingerprint density at radius 2 is 2.00 bits per heavy atom. The molecule has 3 aromatic heterocycles. The number of nitrogens with one attached hydrogen (secondary N) is 1. The largest absolute Gasteiger partial charge is 0.497 e. The maximum absolute atomic E-state index is 13.2. The van der Waals surface area contributed by atoms with Crippen LogP contribution in [0.25, 0.3) is 33.2 Å². The Kier molecular flexibility index (Phi) is 6.98. The summed E-state index contributed by atoms with van der Waals surface area (Å²) in [6.45, 7) is 5.15. The van der Waals surface area contributed by atoms with Gasteiger partial charge in [-0.3, -0.25) is 9.69 Å². The third-order valence-corrected chi connectivity index (χ3v) is 6.59. The molecule has 0 spiro atoms. The van der Waals surface area contributed by atoms with E-state index in [9.17, 15) is 4.79 Å². The quantitative estimate of drug-likeness (QED) is 0.359. The molecule has 0 atom stereocenters. The Morgan fingerprint density at radius 1 is 1.14 bits per heavy atom. The van der Waals surface area contributed by atoms with Crippen LogP contribution >= 0.6 is 0 Å². The van der Waals surface area contributed by atoms with Gasteiger partial charge in [0.1, 0.15) is 17.9 Å². The zero-order valence-corrected chi connectivity index (χ0v) is 19.9. The minimum absolute atomic E-state index is 0.0437. The Morgan fingerprint density at radius 3 is 2.77 bits per heavy atom. The van der Waals surface area contributed by atoms with Crippen molar-refractivity contribution in [1.82, 2.24) is 24.3 Å². The van der Waals surface area contributed by atoms with Gasteiger partial charge in [-0.2, -0.15) is 0 Å². The van der Waals surface area contributed by atoms with Crippen LogP contribution in [-0.2, 0) is 16.1 Å². The summed E-state index contributed by atoms with van der Waals surface area (Å²) in [5, 5.41) is 10.9. The van der Waals surface area contributed by atoms with Crippen molar-refractivity contribution in [2.24, 2.45) is 0 Å². The molecule has 1 aliphatic rings. The van der Waals surface area contributed by atoms with E-state index < -0.39 is 0 Å². The molecule has 1 fully saturated rings. The van der Waals surface area contributed by atoms with Gasteiger partial charge in [0, 0.05) is 72.7 Å². The second-order valence-corrected chi connectivity index (χ2v) is 8.74. The number of hydrogen-bond donors (Lipinski definition) is 2. The van der Waals surface area contributed by atoms with Crippen molar-refractivity contribution in [2.45, 2.75) is 6.54 Å². The van der Waals surface area contributed by atoms with E-state index in [2.05, 4.69) is 20.9 Å². The van der Waals surface area contributed by atoms with Gasteiger partial charge in [0.25, 0.3) is 0 Å². The first-order valence-electron chi connectivity index (χ1n) is 12.0. The lowest BCUT2D eigenvalue weighted by molar-refractivity contribution is -0.133. The topological polar surface area (TPSA) is 95.9 Å². The number of aliphatic hydroxyl groups is 1. The molecule has 1 amide bonds. The molecule has 184 valence electrons. The Balaban J connectivity index is 1.34. The SMILES string of the molecule is COc1ccc2c(c1)c(-c1cc3cccnc3[nH]1)cn2CC(=O)N1CCN(CCOCCO)CC1. The number of H-pyrrole nitrogens is 1. The zero-order valence-electron chi connectivity index (χ0n) is 19.9. The number of benzene rings is 1. The standard InChI is InChI=1S/C26H31N5O4/c1-34-20-4-5-24-21(16-20)22(23-15-19-3-2-6-27-26(19)28-23)17-31(24)18-25(33)30-9-7-29(8-10-30)11-13-35-14-12-32/h2-6,15-17,32H,7-14,18H2,1H3,(H,27,28). The average molecular weight is 478 g/mol. The second-order valence-electron chi connectivity index (χ2n) is 8.74. The fourth-order valence-electron chi connectivity index (χ4n) is 4.68. The lowest BCUT2D eigenvalue weighted by atomic mass is 10.1. The maximum atomic E-state index is 13.2. The Bertz CT molecular complexity index is 1270. The van der Waals surface area contributed by atoms with Gasteiger partial charge < -0.3 is 29.0 Å². The van der Waals surface area contributed by atoms with Gasteiger partial charge in [-0.25, -0.2) is 4.98 Å². The van der Waals surface area contributed by atoms with Crippen molar-refractivity contribution in [2.75, 3.05) is 59.7 Å². The van der Waals surface area contributed by atoms with Crippen LogP contribution < -0.4 is 4.74 Å². The van der Waals surface area contributed by atoms with Crippen molar-refractivity contribution >= 4 is 27.8 Å². The number of ether oxygens (including phenoxy) is 2. The predicted molar refractivity (Wildman–Crippen MR) is 135 cm³/mol. The number of hydrogen-bond acceptors (Lipinski definition) is 6. The van der Waals surface area contributed by atoms with Crippen molar-refractivity contribution in [1.29, 1.82) is 0 Å². The highest BCUT2D eigenvalue weighted by Crippen LogP contribution is 2.34. The monoisotopic (exact) mass is 477 g/mol. The Labute approximate surface area is 203 Å². The minimum atomic E-state index is 0.0437. The van der Waals surface area contributed by atoms with Crippen molar-refractivity contribution < 1.29 is 19.4 Å². The van der Waals surface area contributed by atoms with Crippen LogP contribution in [0, 0.1) is 0 Å². The van der Waals surface area contributed by atoms with E-state index in [0.717, 1.165) is 58.6 Å².